The Balaban J connectivity index is 0.000000165. The van der Waals surface area contributed by atoms with Crippen LogP contribution in [0.1, 0.15) is 0 Å². The van der Waals surface area contributed by atoms with Crippen LogP contribution in [0.15, 0.2) is 91.3 Å². The van der Waals surface area contributed by atoms with Gasteiger partial charge in [0, 0.05) is 11.1 Å². The quantitative estimate of drug-likeness (QED) is 0.189. The van der Waals surface area contributed by atoms with Crippen LogP contribution in [-0.2, 0) is 0 Å². The highest BCUT2D eigenvalue weighted by Gasteiger charge is 2.07. The maximum Gasteiger partial charge on any atom is 0.230 e. The molecule has 0 fully saturated rings. The van der Waals surface area contributed by atoms with Gasteiger partial charge in [-0.15, -0.1) is 0 Å². The number of hydrogen-bond donors (Lipinski definition) is 1. The minimum absolute atomic E-state index is 0.000000000000000444. The van der Waals surface area contributed by atoms with E-state index in [0.717, 1.165) is 22.6 Å². The lowest BCUT2D eigenvalue weighted by atomic mass is 10.2. The van der Waals surface area contributed by atoms with Gasteiger partial charge in [0.05, 0.1) is 12.8 Å². The Kier molecular flexibility index (Phi) is 12.3. The summed E-state index contributed by atoms with van der Waals surface area (Å²) in [6.45, 7) is 0. The van der Waals surface area contributed by atoms with Gasteiger partial charge >= 0.3 is 0 Å². The largest absolute Gasteiger partial charge is 0.495 e. The summed E-state index contributed by atoms with van der Waals surface area (Å²) in [7, 11) is 1.63. The Bertz CT molecular complexity index is 1730. The van der Waals surface area contributed by atoms with Crippen LogP contribution in [0.2, 0.25) is 26.4 Å². The predicted octanol–water partition coefficient (Wildman–Crippen LogP) is 7.97. The lowest BCUT2D eigenvalue weighted by Crippen LogP contribution is -2.01. The second kappa shape index (κ2) is 16.6. The minimum Gasteiger partial charge on any atom is -0.495 e. The highest BCUT2D eigenvalue weighted by Crippen LogP contribution is 2.26. The van der Waals surface area contributed by atoms with Gasteiger partial charge in [-0.05, 0) is 70.1 Å². The molecule has 0 saturated carbocycles. The molecule has 0 aliphatic heterocycles. The highest BCUT2D eigenvalue weighted by atomic mass is 35.5. The lowest BCUT2D eigenvalue weighted by molar-refractivity contribution is 0.417. The van der Waals surface area contributed by atoms with Gasteiger partial charge in [0.2, 0.25) is 32.4 Å². The Labute approximate surface area is 276 Å². The van der Waals surface area contributed by atoms with Crippen LogP contribution >= 0.6 is 58.0 Å². The summed E-state index contributed by atoms with van der Waals surface area (Å²) < 4.78 is 5.30. The summed E-state index contributed by atoms with van der Waals surface area (Å²) in [6, 6.07) is 26.8. The lowest BCUT2D eigenvalue weighted by Gasteiger charge is -2.09. The molecule has 0 aliphatic rings. The molecule has 0 unspecified atom stereocenters. The first-order valence-electron chi connectivity index (χ1n) is 12.3. The molecule has 6 rings (SSSR count). The first-order chi connectivity index (χ1) is 21.3. The number of para-hydroxylation sites is 2. The zero-order valence-corrected chi connectivity index (χ0v) is 26.3. The van der Waals surface area contributed by atoms with Crippen LogP contribution in [0.4, 0.5) is 11.6 Å². The molecule has 11 nitrogen and oxygen atoms in total. The Morgan fingerprint density at radius 3 is 1.48 bits per heavy atom. The highest BCUT2D eigenvalue weighted by molar-refractivity contribution is 6.33. The zero-order valence-electron chi connectivity index (χ0n) is 22.5. The summed E-state index contributed by atoms with van der Waals surface area (Å²) in [4.78, 5) is 34.7. The van der Waals surface area contributed by atoms with Gasteiger partial charge in [0.1, 0.15) is 12.1 Å². The van der Waals surface area contributed by atoms with Crippen molar-refractivity contribution in [2.24, 2.45) is 0 Å². The molecule has 0 aliphatic carbocycles. The summed E-state index contributed by atoms with van der Waals surface area (Å²) in [5, 5.41) is 3.35. The number of ether oxygens (including phenoxy) is 1. The van der Waals surface area contributed by atoms with Crippen molar-refractivity contribution in [2.75, 3.05) is 12.4 Å². The SMILES string of the molecule is COc1ccccc1Nc1ncnc(-c2ccccc2)n1.Clc1nc(Cl)nc(-c2ccccc2)n1.Clc1nc(Cl)nc(Cl)n1. The van der Waals surface area contributed by atoms with Gasteiger partial charge in [-0.3, -0.25) is 0 Å². The molecular weight excluding hydrogens is 670 g/mol. The summed E-state index contributed by atoms with van der Waals surface area (Å²) in [5.41, 5.74) is 2.62. The van der Waals surface area contributed by atoms with Crippen LogP contribution in [0.3, 0.4) is 0 Å². The second-order valence-electron chi connectivity index (χ2n) is 8.03. The zero-order chi connectivity index (χ0) is 31.3. The van der Waals surface area contributed by atoms with Gasteiger partial charge in [-0.25, -0.2) is 9.97 Å². The fraction of sp³-hybridized carbons (Fsp3) is 0.0357. The molecule has 1 N–H and O–H groups in total. The fourth-order valence-corrected chi connectivity index (χ4v) is 4.27. The molecule has 0 amide bonds. The van der Waals surface area contributed by atoms with Crippen LogP contribution in [0, 0.1) is 0 Å². The minimum atomic E-state index is 0.000000000000000444. The normalized spacial score (nSPS) is 10.0. The van der Waals surface area contributed by atoms with Gasteiger partial charge in [-0.1, -0.05) is 72.8 Å². The van der Waals surface area contributed by atoms with E-state index in [1.807, 2.05) is 84.9 Å². The van der Waals surface area contributed by atoms with Crippen LogP contribution in [0.25, 0.3) is 22.8 Å². The third kappa shape index (κ3) is 10.2. The van der Waals surface area contributed by atoms with Crippen molar-refractivity contribution in [1.29, 1.82) is 0 Å². The van der Waals surface area contributed by atoms with Crippen molar-refractivity contribution in [3.8, 4) is 28.5 Å². The van der Waals surface area contributed by atoms with E-state index in [1.165, 1.54) is 6.33 Å². The van der Waals surface area contributed by atoms with Gasteiger partial charge in [0.15, 0.2) is 11.6 Å². The van der Waals surface area contributed by atoms with Gasteiger partial charge in [-0.2, -0.15) is 34.9 Å². The molecule has 0 radical (unpaired) electrons. The predicted molar refractivity (Wildman–Crippen MR) is 172 cm³/mol. The Morgan fingerprint density at radius 1 is 0.500 bits per heavy atom. The number of halogens is 5. The van der Waals surface area contributed by atoms with Crippen LogP contribution < -0.4 is 10.1 Å². The van der Waals surface area contributed by atoms with Crippen LogP contribution in [0.5, 0.6) is 5.75 Å². The summed E-state index contributed by atoms with van der Waals surface area (Å²) in [6.07, 6.45) is 1.49. The van der Waals surface area contributed by atoms with E-state index in [9.17, 15) is 0 Å². The van der Waals surface area contributed by atoms with E-state index in [0.29, 0.717) is 17.6 Å². The number of hydrogen-bond acceptors (Lipinski definition) is 11. The van der Waals surface area contributed by atoms with Crippen LogP contribution in [-0.4, -0.2) is 52.0 Å². The average Bonchev–Trinajstić information content (AvgIpc) is 3.02. The number of anilines is 2. The van der Waals surface area contributed by atoms with Crippen molar-refractivity contribution in [3.05, 3.63) is 118 Å². The summed E-state index contributed by atoms with van der Waals surface area (Å²) >= 11 is 27.3. The summed E-state index contributed by atoms with van der Waals surface area (Å²) in [5.74, 6) is 2.33. The molecular formula is C28H19Cl5N10O. The molecule has 0 atom stereocenters. The molecule has 3 heterocycles. The number of aromatic nitrogens is 9. The van der Waals surface area contributed by atoms with E-state index in [1.54, 1.807) is 7.11 Å². The molecule has 0 saturated heterocycles. The number of methoxy groups -OCH3 is 1. The monoisotopic (exact) mass is 686 g/mol. The molecule has 0 spiro atoms. The molecule has 44 heavy (non-hydrogen) atoms. The average molecular weight is 689 g/mol. The second-order valence-corrected chi connectivity index (χ2v) is 9.72. The van der Waals surface area contributed by atoms with Gasteiger partial charge < -0.3 is 10.1 Å². The van der Waals surface area contributed by atoms with Crippen molar-refractivity contribution < 1.29 is 4.74 Å². The number of rotatable bonds is 5. The molecule has 222 valence electrons. The topological polar surface area (TPSA) is 137 Å². The van der Waals surface area contributed by atoms with Crippen molar-refractivity contribution in [2.45, 2.75) is 0 Å². The standard InChI is InChI=1S/C16H14N4O.C9H5Cl2N3.C3Cl3N3/c1-21-14-10-6-5-9-13(14)19-16-18-11-17-15(20-16)12-7-3-2-4-8-12;10-8-12-7(13-9(11)14-8)6-4-2-1-3-5-6;4-1-7-2(5)9-3(6)8-1/h2-11H,1H3,(H,17,18,19,20);1-5H;. The number of benzene rings is 3. The van der Waals surface area contributed by atoms with E-state index < -0.39 is 0 Å². The molecule has 3 aromatic carbocycles. The third-order valence-corrected chi connectivity index (χ3v) is 5.97. The molecule has 3 aromatic heterocycles. The van der Waals surface area contributed by atoms with Crippen molar-refractivity contribution in [1.82, 2.24) is 44.9 Å². The maximum atomic E-state index is 5.65. The first kappa shape index (κ1) is 32.6. The molecule has 0 bridgehead atoms. The van der Waals surface area contributed by atoms with E-state index in [-0.39, 0.29) is 26.4 Å². The number of nitrogens with zero attached hydrogens (tertiary/aromatic N) is 9. The smallest absolute Gasteiger partial charge is 0.230 e. The van der Waals surface area contributed by atoms with E-state index in [4.69, 9.17) is 62.7 Å². The molecule has 16 heteroatoms. The van der Waals surface area contributed by atoms with E-state index in [2.05, 4.69) is 50.2 Å². The fourth-order valence-electron chi connectivity index (χ4n) is 3.30. The Morgan fingerprint density at radius 2 is 0.955 bits per heavy atom. The number of nitrogens with one attached hydrogen (secondary N) is 1. The first-order valence-corrected chi connectivity index (χ1v) is 14.2. The van der Waals surface area contributed by atoms with E-state index >= 15 is 0 Å². The third-order valence-electron chi connectivity index (χ3n) is 5.12. The molecule has 6 aromatic rings. The maximum absolute atomic E-state index is 5.65. The van der Waals surface area contributed by atoms with Crippen molar-refractivity contribution >= 4 is 69.6 Å². The van der Waals surface area contributed by atoms with Crippen molar-refractivity contribution in [3.63, 3.8) is 0 Å². The van der Waals surface area contributed by atoms with Gasteiger partial charge in [0.25, 0.3) is 0 Å². The Hall–Kier alpha value is -4.26.